The highest BCUT2D eigenvalue weighted by molar-refractivity contribution is 5.73. The number of hydrogen-bond donors (Lipinski definition) is 1. The number of phenolic OH excluding ortho intramolecular Hbond substituents is 1. The average Bonchev–Trinajstić information content (AvgIpc) is 2.71. The van der Waals surface area contributed by atoms with E-state index in [1.54, 1.807) is 32.0 Å². The Morgan fingerprint density at radius 3 is 3.12 bits per heavy atom. The van der Waals surface area contributed by atoms with Crippen molar-refractivity contribution in [3.63, 3.8) is 0 Å². The van der Waals surface area contributed by atoms with Crippen molar-refractivity contribution in [2.75, 3.05) is 6.61 Å². The van der Waals surface area contributed by atoms with E-state index < -0.39 is 0 Å². The van der Waals surface area contributed by atoms with Crippen LogP contribution in [0.15, 0.2) is 18.2 Å². The maximum absolute atomic E-state index is 11.6. The van der Waals surface area contributed by atoms with Crippen LogP contribution in [0.1, 0.15) is 19.4 Å². The fourth-order valence-corrected chi connectivity index (χ4v) is 1.97. The van der Waals surface area contributed by atoms with Crippen LogP contribution in [0.25, 0.3) is 0 Å². The maximum atomic E-state index is 11.6. The third kappa shape index (κ3) is 2.35. The molecular formula is C13H16O4. The first-order valence-corrected chi connectivity index (χ1v) is 5.77. The van der Waals surface area contributed by atoms with E-state index >= 15 is 0 Å². The van der Waals surface area contributed by atoms with Crippen LogP contribution in [0.4, 0.5) is 0 Å². The van der Waals surface area contributed by atoms with Gasteiger partial charge in [0, 0.05) is 12.0 Å². The van der Waals surface area contributed by atoms with E-state index in [0.717, 1.165) is 11.3 Å². The summed E-state index contributed by atoms with van der Waals surface area (Å²) < 4.78 is 10.6. The number of carbonyl (C=O) groups excluding carboxylic acids is 1. The monoisotopic (exact) mass is 236 g/mol. The van der Waals surface area contributed by atoms with Gasteiger partial charge in [0.2, 0.25) is 0 Å². The zero-order valence-corrected chi connectivity index (χ0v) is 9.97. The Bertz CT molecular complexity index is 427. The first-order chi connectivity index (χ1) is 8.11. The van der Waals surface area contributed by atoms with E-state index in [0.29, 0.717) is 13.0 Å². The summed E-state index contributed by atoms with van der Waals surface area (Å²) in [6, 6.07) is 4.98. The Kier molecular flexibility index (Phi) is 3.22. The van der Waals surface area contributed by atoms with Crippen LogP contribution in [0, 0.1) is 5.92 Å². The molecule has 0 saturated carbocycles. The van der Waals surface area contributed by atoms with Gasteiger partial charge >= 0.3 is 5.97 Å². The van der Waals surface area contributed by atoms with Crippen LogP contribution in [-0.2, 0) is 16.0 Å². The normalized spacial score (nSPS) is 19.3. The summed E-state index contributed by atoms with van der Waals surface area (Å²) in [7, 11) is 0. The summed E-state index contributed by atoms with van der Waals surface area (Å²) in [4.78, 5) is 11.6. The SMILES string of the molecule is CCOC(=O)C(C)C1Cc2cc(O)ccc2O1. The number of benzene rings is 1. The molecule has 0 saturated heterocycles. The molecule has 0 amide bonds. The van der Waals surface area contributed by atoms with Crippen LogP contribution >= 0.6 is 0 Å². The predicted molar refractivity (Wildman–Crippen MR) is 62.0 cm³/mol. The molecule has 1 aliphatic heterocycles. The number of phenols is 1. The van der Waals surface area contributed by atoms with Crippen molar-refractivity contribution in [3.05, 3.63) is 23.8 Å². The molecule has 4 heteroatoms. The number of esters is 1. The third-order valence-electron chi connectivity index (χ3n) is 2.96. The van der Waals surface area contributed by atoms with E-state index in [2.05, 4.69) is 0 Å². The van der Waals surface area contributed by atoms with Crippen LogP contribution in [0.2, 0.25) is 0 Å². The lowest BCUT2D eigenvalue weighted by atomic mass is 10.00. The van der Waals surface area contributed by atoms with Crippen molar-refractivity contribution in [1.82, 2.24) is 0 Å². The van der Waals surface area contributed by atoms with Gasteiger partial charge in [-0.2, -0.15) is 0 Å². The molecule has 4 nitrogen and oxygen atoms in total. The lowest BCUT2D eigenvalue weighted by Crippen LogP contribution is -2.30. The van der Waals surface area contributed by atoms with Crippen molar-refractivity contribution in [1.29, 1.82) is 0 Å². The number of rotatable bonds is 3. The maximum Gasteiger partial charge on any atom is 0.312 e. The van der Waals surface area contributed by atoms with E-state index in [1.807, 2.05) is 0 Å². The average molecular weight is 236 g/mol. The van der Waals surface area contributed by atoms with Gasteiger partial charge in [0.15, 0.2) is 0 Å². The Morgan fingerprint density at radius 2 is 2.41 bits per heavy atom. The molecule has 0 radical (unpaired) electrons. The molecule has 2 rings (SSSR count). The molecule has 1 aromatic rings. The van der Waals surface area contributed by atoms with Crippen molar-refractivity contribution < 1.29 is 19.4 Å². The van der Waals surface area contributed by atoms with Crippen molar-refractivity contribution in [2.24, 2.45) is 5.92 Å². The van der Waals surface area contributed by atoms with Gasteiger partial charge in [-0.25, -0.2) is 0 Å². The topological polar surface area (TPSA) is 55.8 Å². The molecule has 0 aliphatic carbocycles. The van der Waals surface area contributed by atoms with Gasteiger partial charge < -0.3 is 14.6 Å². The standard InChI is InChI=1S/C13H16O4/c1-3-16-13(15)8(2)12-7-9-6-10(14)4-5-11(9)17-12/h4-6,8,12,14H,3,7H2,1-2H3. The molecule has 1 N–H and O–H groups in total. The lowest BCUT2D eigenvalue weighted by Gasteiger charge is -2.17. The Labute approximate surface area is 100 Å². The number of aromatic hydroxyl groups is 1. The number of ether oxygens (including phenoxy) is 2. The largest absolute Gasteiger partial charge is 0.508 e. The van der Waals surface area contributed by atoms with E-state index in [4.69, 9.17) is 9.47 Å². The zero-order valence-electron chi connectivity index (χ0n) is 9.97. The second-order valence-corrected chi connectivity index (χ2v) is 4.19. The molecule has 1 heterocycles. The molecule has 0 aromatic heterocycles. The molecule has 0 fully saturated rings. The van der Waals surface area contributed by atoms with Crippen LogP contribution in [0.3, 0.4) is 0 Å². The third-order valence-corrected chi connectivity index (χ3v) is 2.96. The molecule has 0 bridgehead atoms. The molecular weight excluding hydrogens is 220 g/mol. The number of fused-ring (bicyclic) bond motifs is 1. The minimum atomic E-state index is -0.301. The van der Waals surface area contributed by atoms with Crippen molar-refractivity contribution in [2.45, 2.75) is 26.4 Å². The summed E-state index contributed by atoms with van der Waals surface area (Å²) in [6.07, 6.45) is 0.426. The summed E-state index contributed by atoms with van der Waals surface area (Å²) in [6.45, 7) is 3.96. The highest BCUT2D eigenvalue weighted by atomic mass is 16.5. The van der Waals surface area contributed by atoms with Gasteiger partial charge in [-0.1, -0.05) is 0 Å². The van der Waals surface area contributed by atoms with E-state index in [1.165, 1.54) is 0 Å². The fourth-order valence-electron chi connectivity index (χ4n) is 1.97. The Balaban J connectivity index is 2.07. The molecule has 92 valence electrons. The Hall–Kier alpha value is -1.71. The molecule has 0 spiro atoms. The Morgan fingerprint density at radius 1 is 1.65 bits per heavy atom. The van der Waals surface area contributed by atoms with Crippen LogP contribution in [0.5, 0.6) is 11.5 Å². The summed E-state index contributed by atoms with van der Waals surface area (Å²) in [5, 5.41) is 9.37. The molecule has 1 aliphatic rings. The molecule has 2 unspecified atom stereocenters. The highest BCUT2D eigenvalue weighted by Gasteiger charge is 2.32. The fraction of sp³-hybridized carbons (Fsp3) is 0.462. The zero-order chi connectivity index (χ0) is 12.4. The van der Waals surface area contributed by atoms with Crippen molar-refractivity contribution >= 4 is 5.97 Å². The van der Waals surface area contributed by atoms with Gasteiger partial charge in [0.05, 0.1) is 12.5 Å². The van der Waals surface area contributed by atoms with Gasteiger partial charge in [-0.05, 0) is 32.0 Å². The van der Waals surface area contributed by atoms with Gasteiger partial charge in [0.25, 0.3) is 0 Å². The molecule has 1 aromatic carbocycles. The smallest absolute Gasteiger partial charge is 0.312 e. The summed E-state index contributed by atoms with van der Waals surface area (Å²) in [5.74, 6) is 0.416. The predicted octanol–water partition coefficient (Wildman–Crippen LogP) is 1.89. The lowest BCUT2D eigenvalue weighted by molar-refractivity contribution is -0.150. The van der Waals surface area contributed by atoms with E-state index in [9.17, 15) is 9.90 Å². The van der Waals surface area contributed by atoms with Crippen LogP contribution in [-0.4, -0.2) is 23.8 Å². The second-order valence-electron chi connectivity index (χ2n) is 4.19. The first-order valence-electron chi connectivity index (χ1n) is 5.77. The van der Waals surface area contributed by atoms with E-state index in [-0.39, 0.29) is 23.7 Å². The first kappa shape index (κ1) is 11.8. The van der Waals surface area contributed by atoms with Gasteiger partial charge in [0.1, 0.15) is 17.6 Å². The minimum Gasteiger partial charge on any atom is -0.508 e. The summed E-state index contributed by atoms with van der Waals surface area (Å²) in [5.41, 5.74) is 0.936. The molecule has 2 atom stereocenters. The quantitative estimate of drug-likeness (QED) is 0.814. The van der Waals surface area contributed by atoms with Gasteiger partial charge in [-0.15, -0.1) is 0 Å². The number of hydrogen-bond acceptors (Lipinski definition) is 4. The second kappa shape index (κ2) is 4.65. The van der Waals surface area contributed by atoms with Crippen LogP contribution < -0.4 is 4.74 Å². The highest BCUT2D eigenvalue weighted by Crippen LogP contribution is 2.34. The minimum absolute atomic E-state index is 0.203. The van der Waals surface area contributed by atoms with Crippen molar-refractivity contribution in [3.8, 4) is 11.5 Å². The number of carbonyl (C=O) groups is 1. The van der Waals surface area contributed by atoms with Gasteiger partial charge in [-0.3, -0.25) is 4.79 Å². The molecule has 17 heavy (non-hydrogen) atoms. The summed E-state index contributed by atoms with van der Waals surface area (Å²) >= 11 is 0.